The normalized spacial score (nSPS) is 18.0. The van der Waals surface area contributed by atoms with Gasteiger partial charge in [-0.05, 0) is 97.9 Å². The van der Waals surface area contributed by atoms with E-state index in [1.54, 1.807) is 42.7 Å². The SMILES string of the molecule is COc1cc2c(cc1OC)C(Cc1ccc(Oc3c4c(cc(OC)c3OC)-c3c(OC)c(OC)c(O)c5c3C(C4)N(C)CC5)cc1)N(C)CC2. The minimum atomic E-state index is -0.0104. The molecule has 0 saturated carbocycles. The maximum Gasteiger partial charge on any atom is 0.204 e. The molecular weight excluding hydrogens is 636 g/mol. The zero-order valence-corrected chi connectivity index (χ0v) is 30.1. The van der Waals surface area contributed by atoms with E-state index in [-0.39, 0.29) is 17.8 Å². The number of phenolic OH excluding ortho intramolecular Hbond substituents is 1. The van der Waals surface area contributed by atoms with E-state index in [0.29, 0.717) is 47.3 Å². The second-order valence-electron chi connectivity index (χ2n) is 13.2. The van der Waals surface area contributed by atoms with E-state index in [1.165, 1.54) is 16.7 Å². The van der Waals surface area contributed by atoms with Gasteiger partial charge in [-0.2, -0.15) is 0 Å². The predicted molar refractivity (Wildman–Crippen MR) is 191 cm³/mol. The molecule has 7 rings (SSSR count). The van der Waals surface area contributed by atoms with E-state index in [1.807, 2.05) is 18.2 Å². The predicted octanol–water partition coefficient (Wildman–Crippen LogP) is 6.76. The van der Waals surface area contributed by atoms with Crippen molar-refractivity contribution in [3.63, 3.8) is 0 Å². The second-order valence-corrected chi connectivity index (χ2v) is 13.2. The Morgan fingerprint density at radius 1 is 0.680 bits per heavy atom. The molecule has 0 aromatic heterocycles. The smallest absolute Gasteiger partial charge is 0.204 e. The molecule has 3 aliphatic rings. The summed E-state index contributed by atoms with van der Waals surface area (Å²) >= 11 is 0. The molecule has 50 heavy (non-hydrogen) atoms. The van der Waals surface area contributed by atoms with Gasteiger partial charge in [0, 0.05) is 41.9 Å². The van der Waals surface area contributed by atoms with E-state index in [0.717, 1.165) is 65.2 Å². The minimum Gasteiger partial charge on any atom is -0.504 e. The van der Waals surface area contributed by atoms with Crippen molar-refractivity contribution in [2.45, 2.75) is 37.8 Å². The number of aromatic hydroxyl groups is 1. The Morgan fingerprint density at radius 2 is 1.34 bits per heavy atom. The van der Waals surface area contributed by atoms with Crippen LogP contribution in [-0.2, 0) is 25.7 Å². The van der Waals surface area contributed by atoms with Crippen LogP contribution in [0.5, 0.6) is 51.7 Å². The van der Waals surface area contributed by atoms with Crippen LogP contribution < -0.4 is 33.2 Å². The zero-order chi connectivity index (χ0) is 35.3. The van der Waals surface area contributed by atoms with Crippen molar-refractivity contribution in [2.24, 2.45) is 0 Å². The van der Waals surface area contributed by atoms with Gasteiger partial charge in [0.25, 0.3) is 0 Å². The van der Waals surface area contributed by atoms with Crippen LogP contribution in [0.4, 0.5) is 0 Å². The fraction of sp³-hybridized carbons (Fsp3) is 0.400. The van der Waals surface area contributed by atoms with Crippen LogP contribution in [0.2, 0.25) is 0 Å². The third kappa shape index (κ3) is 5.41. The minimum absolute atomic E-state index is 0.0104. The molecule has 0 spiro atoms. The first-order valence-corrected chi connectivity index (χ1v) is 17.0. The Bertz CT molecular complexity index is 1920. The van der Waals surface area contributed by atoms with Gasteiger partial charge in [-0.15, -0.1) is 0 Å². The van der Waals surface area contributed by atoms with Gasteiger partial charge in [0.15, 0.2) is 34.5 Å². The Hall–Kier alpha value is -4.80. The monoisotopic (exact) mass is 682 g/mol. The second kappa shape index (κ2) is 13.5. The maximum absolute atomic E-state index is 11.3. The maximum atomic E-state index is 11.3. The lowest BCUT2D eigenvalue weighted by molar-refractivity contribution is 0.221. The molecule has 264 valence electrons. The lowest BCUT2D eigenvalue weighted by atomic mass is 9.75. The standard InChI is InChI=1S/C40H46N2O8/c1-41-15-13-23-18-31(44-3)32(45-4)20-26(23)29(41)17-22-9-11-24(12-10-22)50-37-28-19-30-34-25(14-16-42(30)2)36(43)40(49-8)39(48-7)35(34)27(28)21-33(46-5)38(37)47-6/h9-12,18,20-21,29-30,43H,13-17,19H2,1-8H3. The molecule has 4 aromatic carbocycles. The fourth-order valence-corrected chi connectivity index (χ4v) is 8.13. The fourth-order valence-electron chi connectivity index (χ4n) is 8.13. The lowest BCUT2D eigenvalue weighted by Gasteiger charge is -2.41. The Balaban J connectivity index is 1.27. The number of phenols is 1. The van der Waals surface area contributed by atoms with Gasteiger partial charge in [-0.1, -0.05) is 12.1 Å². The molecule has 1 aliphatic carbocycles. The van der Waals surface area contributed by atoms with Crippen molar-refractivity contribution >= 4 is 0 Å². The summed E-state index contributed by atoms with van der Waals surface area (Å²) in [6, 6.07) is 14.7. The average Bonchev–Trinajstić information content (AvgIpc) is 3.14. The molecule has 2 heterocycles. The summed E-state index contributed by atoms with van der Waals surface area (Å²) in [5.41, 5.74) is 8.44. The van der Waals surface area contributed by atoms with Crippen LogP contribution in [0.3, 0.4) is 0 Å². The average molecular weight is 683 g/mol. The van der Waals surface area contributed by atoms with Gasteiger partial charge in [-0.25, -0.2) is 0 Å². The molecule has 0 radical (unpaired) electrons. The van der Waals surface area contributed by atoms with Crippen LogP contribution in [-0.4, -0.2) is 84.7 Å². The van der Waals surface area contributed by atoms with Crippen molar-refractivity contribution < 1.29 is 38.3 Å². The van der Waals surface area contributed by atoms with Crippen LogP contribution in [0, 0.1) is 0 Å². The third-order valence-electron chi connectivity index (χ3n) is 10.8. The van der Waals surface area contributed by atoms with Gasteiger partial charge in [0.1, 0.15) is 5.75 Å². The summed E-state index contributed by atoms with van der Waals surface area (Å²) in [6.45, 7) is 1.76. The van der Waals surface area contributed by atoms with Crippen molar-refractivity contribution in [1.29, 1.82) is 0 Å². The van der Waals surface area contributed by atoms with E-state index in [4.69, 9.17) is 33.2 Å². The molecule has 4 aromatic rings. The number of rotatable bonds is 10. The summed E-state index contributed by atoms with van der Waals surface area (Å²) in [7, 11) is 14.1. The summed E-state index contributed by atoms with van der Waals surface area (Å²) in [4.78, 5) is 4.72. The Labute approximate surface area is 294 Å². The van der Waals surface area contributed by atoms with Crippen molar-refractivity contribution in [3.8, 4) is 62.9 Å². The first-order chi connectivity index (χ1) is 24.3. The molecule has 1 N–H and O–H groups in total. The first kappa shape index (κ1) is 33.7. The molecule has 2 atom stereocenters. The molecule has 2 aliphatic heterocycles. The number of hydrogen-bond acceptors (Lipinski definition) is 10. The lowest BCUT2D eigenvalue weighted by Crippen LogP contribution is -2.36. The summed E-state index contributed by atoms with van der Waals surface area (Å²) < 4.78 is 41.6. The van der Waals surface area contributed by atoms with E-state index >= 15 is 0 Å². The van der Waals surface area contributed by atoms with Crippen LogP contribution in [0.1, 0.15) is 45.5 Å². The van der Waals surface area contributed by atoms with Crippen molar-refractivity contribution in [1.82, 2.24) is 9.80 Å². The van der Waals surface area contributed by atoms with E-state index in [9.17, 15) is 5.11 Å². The highest BCUT2D eigenvalue weighted by Gasteiger charge is 2.41. The number of nitrogens with zero attached hydrogens (tertiary/aromatic N) is 2. The van der Waals surface area contributed by atoms with Gasteiger partial charge < -0.3 is 38.3 Å². The zero-order valence-electron chi connectivity index (χ0n) is 30.1. The quantitative estimate of drug-likeness (QED) is 0.194. The number of methoxy groups -OCH3 is 6. The number of benzene rings is 4. The summed E-state index contributed by atoms with van der Waals surface area (Å²) in [6.07, 6.45) is 3.14. The van der Waals surface area contributed by atoms with E-state index < -0.39 is 0 Å². The number of likely N-dealkylation sites (N-methyl/N-ethyl adjacent to an activating group) is 2. The molecule has 2 unspecified atom stereocenters. The van der Waals surface area contributed by atoms with Gasteiger partial charge in [-0.3, -0.25) is 9.80 Å². The third-order valence-corrected chi connectivity index (χ3v) is 10.8. The largest absolute Gasteiger partial charge is 0.504 e. The van der Waals surface area contributed by atoms with Crippen LogP contribution in [0.15, 0.2) is 42.5 Å². The highest BCUT2D eigenvalue weighted by molar-refractivity contribution is 5.89. The Kier molecular flexibility index (Phi) is 9.09. The topological polar surface area (TPSA) is 91.3 Å². The van der Waals surface area contributed by atoms with Crippen LogP contribution >= 0.6 is 0 Å². The summed E-state index contributed by atoms with van der Waals surface area (Å²) in [5, 5.41) is 11.3. The highest BCUT2D eigenvalue weighted by atomic mass is 16.5. The molecule has 10 nitrogen and oxygen atoms in total. The van der Waals surface area contributed by atoms with E-state index in [2.05, 4.69) is 48.2 Å². The molecule has 0 saturated heterocycles. The summed E-state index contributed by atoms with van der Waals surface area (Å²) in [5.74, 6) is 4.80. The molecule has 0 amide bonds. The van der Waals surface area contributed by atoms with Crippen LogP contribution in [0.25, 0.3) is 11.1 Å². The molecule has 10 heteroatoms. The van der Waals surface area contributed by atoms with Gasteiger partial charge >= 0.3 is 0 Å². The Morgan fingerprint density at radius 3 is 2.00 bits per heavy atom. The number of ether oxygens (including phenoxy) is 7. The van der Waals surface area contributed by atoms with Gasteiger partial charge in [0.2, 0.25) is 11.5 Å². The molecule has 0 bridgehead atoms. The highest BCUT2D eigenvalue weighted by Crippen LogP contribution is 2.60. The number of fused-ring (bicyclic) bond motifs is 3. The molecule has 0 fully saturated rings. The van der Waals surface area contributed by atoms with Crippen molar-refractivity contribution in [3.05, 3.63) is 75.8 Å². The number of hydrogen-bond donors (Lipinski definition) is 1. The molecular formula is C40H46N2O8. The van der Waals surface area contributed by atoms with Gasteiger partial charge in [0.05, 0.1) is 42.7 Å². The van der Waals surface area contributed by atoms with Crippen molar-refractivity contribution in [2.75, 3.05) is 69.8 Å². The first-order valence-electron chi connectivity index (χ1n) is 17.0.